The van der Waals surface area contributed by atoms with E-state index in [4.69, 9.17) is 4.74 Å². The van der Waals surface area contributed by atoms with Crippen LogP contribution in [0.15, 0.2) is 24.3 Å². The van der Waals surface area contributed by atoms with Crippen molar-refractivity contribution in [2.45, 2.75) is 44.2 Å². The average molecular weight is 403 g/mol. The number of morpholine rings is 1. The fraction of sp³-hybridized carbons (Fsp3) is 0.636. The molecule has 1 saturated heterocycles. The van der Waals surface area contributed by atoms with E-state index in [1.807, 2.05) is 14.1 Å². The summed E-state index contributed by atoms with van der Waals surface area (Å²) in [6, 6.07) is 8.52. The smallest absolute Gasteiger partial charge is 0.309 e. The lowest BCUT2D eigenvalue weighted by atomic mass is 9.95. The second-order valence-electron chi connectivity index (χ2n) is 8.17. The first-order chi connectivity index (χ1) is 14.0. The number of ether oxygens (including phenoxy) is 1. The molecule has 1 aromatic rings. The number of anilines is 1. The van der Waals surface area contributed by atoms with Gasteiger partial charge in [-0.1, -0.05) is 31.4 Å². The van der Waals surface area contributed by atoms with Crippen molar-refractivity contribution in [3.05, 3.63) is 29.8 Å². The van der Waals surface area contributed by atoms with Crippen LogP contribution < -0.4 is 15.5 Å². The van der Waals surface area contributed by atoms with Gasteiger partial charge in [0.2, 0.25) is 0 Å². The zero-order valence-electron chi connectivity index (χ0n) is 17.7. The van der Waals surface area contributed by atoms with Gasteiger partial charge in [0.05, 0.1) is 19.3 Å². The van der Waals surface area contributed by atoms with E-state index < -0.39 is 11.8 Å². The Morgan fingerprint density at radius 3 is 2.34 bits per heavy atom. The van der Waals surface area contributed by atoms with Crippen molar-refractivity contribution in [2.75, 3.05) is 51.8 Å². The fourth-order valence-electron chi connectivity index (χ4n) is 4.11. The van der Waals surface area contributed by atoms with Crippen LogP contribution in [0.2, 0.25) is 0 Å². The lowest BCUT2D eigenvalue weighted by Gasteiger charge is -2.35. The molecule has 160 valence electrons. The van der Waals surface area contributed by atoms with Gasteiger partial charge >= 0.3 is 11.8 Å². The van der Waals surface area contributed by atoms with Gasteiger partial charge in [-0.3, -0.25) is 14.5 Å². The van der Waals surface area contributed by atoms with Crippen molar-refractivity contribution in [2.24, 2.45) is 0 Å². The Morgan fingerprint density at radius 2 is 1.72 bits per heavy atom. The summed E-state index contributed by atoms with van der Waals surface area (Å²) in [7, 11) is 4.03. The molecular weight excluding hydrogens is 368 g/mol. The van der Waals surface area contributed by atoms with Gasteiger partial charge in [0.15, 0.2) is 0 Å². The molecule has 1 saturated carbocycles. The van der Waals surface area contributed by atoms with Crippen molar-refractivity contribution in [1.82, 2.24) is 15.5 Å². The maximum Gasteiger partial charge on any atom is 0.309 e. The summed E-state index contributed by atoms with van der Waals surface area (Å²) in [6.07, 6.45) is 5.39. The standard InChI is InChI=1S/C22H34N4O3/c1-25(2)19-10-8-17(9-11-19)20(26-12-14-29-15-13-26)16-23-21(27)22(28)24-18-6-4-3-5-7-18/h8-11,18,20H,3-7,12-16H2,1-2H3,(H,23,27)(H,24,28). The van der Waals surface area contributed by atoms with Crippen LogP contribution in [-0.2, 0) is 14.3 Å². The van der Waals surface area contributed by atoms with E-state index in [-0.39, 0.29) is 12.1 Å². The summed E-state index contributed by atoms with van der Waals surface area (Å²) in [4.78, 5) is 29.1. The topological polar surface area (TPSA) is 73.9 Å². The molecule has 0 spiro atoms. The van der Waals surface area contributed by atoms with Gasteiger partial charge in [-0.2, -0.15) is 0 Å². The van der Waals surface area contributed by atoms with Crippen LogP contribution in [-0.4, -0.2) is 69.7 Å². The molecule has 0 bridgehead atoms. The summed E-state index contributed by atoms with van der Waals surface area (Å²) in [5, 5.41) is 5.75. The lowest BCUT2D eigenvalue weighted by molar-refractivity contribution is -0.140. The highest BCUT2D eigenvalue weighted by Crippen LogP contribution is 2.24. The molecule has 2 aliphatic rings. The summed E-state index contributed by atoms with van der Waals surface area (Å²) in [6.45, 7) is 3.39. The highest BCUT2D eigenvalue weighted by Gasteiger charge is 2.25. The van der Waals surface area contributed by atoms with Crippen LogP contribution in [0.25, 0.3) is 0 Å². The molecule has 1 atom stereocenters. The van der Waals surface area contributed by atoms with E-state index in [1.54, 1.807) is 0 Å². The van der Waals surface area contributed by atoms with Crippen LogP contribution in [0, 0.1) is 0 Å². The first-order valence-corrected chi connectivity index (χ1v) is 10.7. The number of rotatable bonds is 6. The molecule has 2 fully saturated rings. The van der Waals surface area contributed by atoms with Gasteiger partial charge in [0.1, 0.15) is 0 Å². The minimum Gasteiger partial charge on any atom is -0.379 e. The number of carbonyl (C=O) groups excluding carboxylic acids is 2. The van der Waals surface area contributed by atoms with Crippen molar-refractivity contribution < 1.29 is 14.3 Å². The Labute approximate surface area is 173 Å². The third kappa shape index (κ3) is 6.18. The minimum atomic E-state index is -0.543. The Balaban J connectivity index is 1.61. The highest BCUT2D eigenvalue weighted by atomic mass is 16.5. The summed E-state index contributed by atoms with van der Waals surface area (Å²) in [5.41, 5.74) is 2.26. The first kappa shape index (κ1) is 21.6. The lowest BCUT2D eigenvalue weighted by Crippen LogP contribution is -2.48. The van der Waals surface area contributed by atoms with E-state index in [2.05, 4.69) is 44.7 Å². The maximum absolute atomic E-state index is 12.4. The van der Waals surface area contributed by atoms with E-state index in [0.29, 0.717) is 19.8 Å². The Bertz CT molecular complexity index is 665. The van der Waals surface area contributed by atoms with Gasteiger partial charge in [-0.25, -0.2) is 0 Å². The van der Waals surface area contributed by atoms with Gasteiger partial charge in [0.25, 0.3) is 0 Å². The van der Waals surface area contributed by atoms with Crippen molar-refractivity contribution in [1.29, 1.82) is 0 Å². The molecule has 1 aromatic carbocycles. The molecule has 1 heterocycles. The molecule has 3 rings (SSSR count). The summed E-state index contributed by atoms with van der Waals surface area (Å²) >= 11 is 0. The minimum absolute atomic E-state index is 0.0153. The zero-order chi connectivity index (χ0) is 20.6. The average Bonchev–Trinajstić information content (AvgIpc) is 2.75. The number of carbonyl (C=O) groups is 2. The number of amides is 2. The monoisotopic (exact) mass is 402 g/mol. The molecule has 1 aliphatic heterocycles. The SMILES string of the molecule is CN(C)c1ccc(C(CNC(=O)C(=O)NC2CCCCC2)N2CCOCC2)cc1. The Morgan fingerprint density at radius 1 is 1.07 bits per heavy atom. The van der Waals surface area contributed by atoms with E-state index in [9.17, 15) is 9.59 Å². The van der Waals surface area contributed by atoms with Gasteiger partial charge in [0, 0.05) is 45.5 Å². The number of nitrogens with zero attached hydrogens (tertiary/aromatic N) is 2. The van der Waals surface area contributed by atoms with Crippen LogP contribution in [0.5, 0.6) is 0 Å². The molecule has 1 unspecified atom stereocenters. The van der Waals surface area contributed by atoms with E-state index >= 15 is 0 Å². The number of benzene rings is 1. The Kier molecular flexibility index (Phi) is 7.89. The largest absolute Gasteiger partial charge is 0.379 e. The molecule has 0 radical (unpaired) electrons. The van der Waals surface area contributed by atoms with Crippen molar-refractivity contribution in [3.63, 3.8) is 0 Å². The maximum atomic E-state index is 12.4. The van der Waals surface area contributed by atoms with E-state index in [1.165, 1.54) is 6.42 Å². The quantitative estimate of drug-likeness (QED) is 0.709. The van der Waals surface area contributed by atoms with Crippen LogP contribution in [0.1, 0.15) is 43.7 Å². The molecular formula is C22H34N4O3. The summed E-state index contributed by atoms with van der Waals surface area (Å²) in [5.74, 6) is -1.06. The normalized spacial score (nSPS) is 19.4. The predicted molar refractivity (Wildman–Crippen MR) is 114 cm³/mol. The van der Waals surface area contributed by atoms with Crippen molar-refractivity contribution >= 4 is 17.5 Å². The van der Waals surface area contributed by atoms with Crippen LogP contribution >= 0.6 is 0 Å². The number of hydrogen-bond donors (Lipinski definition) is 2. The van der Waals surface area contributed by atoms with Crippen LogP contribution in [0.3, 0.4) is 0 Å². The molecule has 2 N–H and O–H groups in total. The van der Waals surface area contributed by atoms with Crippen LogP contribution in [0.4, 0.5) is 5.69 Å². The number of nitrogens with one attached hydrogen (secondary N) is 2. The second kappa shape index (κ2) is 10.6. The fourth-order valence-corrected chi connectivity index (χ4v) is 4.11. The second-order valence-corrected chi connectivity index (χ2v) is 8.17. The predicted octanol–water partition coefficient (Wildman–Crippen LogP) is 1.69. The van der Waals surface area contributed by atoms with Gasteiger partial charge in [-0.05, 0) is 30.5 Å². The number of hydrogen-bond acceptors (Lipinski definition) is 5. The van der Waals surface area contributed by atoms with Crippen molar-refractivity contribution in [3.8, 4) is 0 Å². The highest BCUT2D eigenvalue weighted by molar-refractivity contribution is 6.35. The third-order valence-electron chi connectivity index (χ3n) is 5.88. The Hall–Kier alpha value is -2.12. The zero-order valence-corrected chi connectivity index (χ0v) is 17.7. The van der Waals surface area contributed by atoms with E-state index in [0.717, 1.165) is 50.0 Å². The molecule has 0 aromatic heterocycles. The summed E-state index contributed by atoms with van der Waals surface area (Å²) < 4.78 is 5.48. The molecule has 1 aliphatic carbocycles. The first-order valence-electron chi connectivity index (χ1n) is 10.7. The van der Waals surface area contributed by atoms with Gasteiger partial charge < -0.3 is 20.3 Å². The molecule has 7 heteroatoms. The molecule has 2 amide bonds. The van der Waals surface area contributed by atoms with Gasteiger partial charge in [-0.15, -0.1) is 0 Å². The third-order valence-corrected chi connectivity index (χ3v) is 5.88. The molecule has 7 nitrogen and oxygen atoms in total. The molecule has 29 heavy (non-hydrogen) atoms.